The molecule has 4 nitrogen and oxygen atoms in total. The number of rotatable bonds is 6. The van der Waals surface area contributed by atoms with E-state index in [0.717, 1.165) is 50.1 Å². The summed E-state index contributed by atoms with van der Waals surface area (Å²) in [6, 6.07) is 62.9. The van der Waals surface area contributed by atoms with Crippen molar-refractivity contribution in [2.75, 3.05) is 4.90 Å². The van der Waals surface area contributed by atoms with Crippen LogP contribution in [0.25, 0.3) is 71.7 Å². The lowest BCUT2D eigenvalue weighted by molar-refractivity contribution is 1.14. The molecule has 0 atom stereocenters. The molecule has 0 amide bonds. The van der Waals surface area contributed by atoms with Gasteiger partial charge in [-0.2, -0.15) is 0 Å². The number of aryl methyl sites for hydroxylation is 2. The molecule has 0 aliphatic heterocycles. The maximum absolute atomic E-state index is 5.08. The summed E-state index contributed by atoms with van der Waals surface area (Å²) in [5.74, 6) is 0. The second-order valence-electron chi connectivity index (χ2n) is 14.0. The van der Waals surface area contributed by atoms with Gasteiger partial charge in [-0.3, -0.25) is 4.98 Å². The molecule has 3 heterocycles. The van der Waals surface area contributed by atoms with Crippen LogP contribution in [0.3, 0.4) is 0 Å². The Morgan fingerprint density at radius 3 is 1.87 bits per heavy atom. The molecule has 0 saturated heterocycles. The highest BCUT2D eigenvalue weighted by Crippen LogP contribution is 2.41. The fourth-order valence-corrected chi connectivity index (χ4v) is 8.02. The number of anilines is 3. The highest BCUT2D eigenvalue weighted by molar-refractivity contribution is 6.11. The van der Waals surface area contributed by atoms with Gasteiger partial charge < -0.3 is 9.47 Å². The molecule has 0 N–H and O–H groups in total. The van der Waals surface area contributed by atoms with Crippen molar-refractivity contribution >= 4 is 60.7 Å². The minimum absolute atomic E-state index is 0.933. The molecular formula is C50H36N4. The van der Waals surface area contributed by atoms with Gasteiger partial charge in [-0.1, -0.05) is 103 Å². The summed E-state index contributed by atoms with van der Waals surface area (Å²) in [6.07, 6.45) is 1.84. The Balaban J connectivity index is 1.04. The van der Waals surface area contributed by atoms with Crippen LogP contribution in [-0.2, 0) is 0 Å². The van der Waals surface area contributed by atoms with Crippen LogP contribution in [0.1, 0.15) is 11.1 Å². The average Bonchev–Trinajstić information content (AvgIpc) is 3.56. The predicted octanol–water partition coefficient (Wildman–Crippen LogP) is 13.3. The topological polar surface area (TPSA) is 34.0 Å². The SMILES string of the molecule is Cc1cc(-n2c3ccccc3c3cc(N(c4ccccc4)c4ccccc4)ccc32)c(C)cc1-c1ccc(-c2ccc3ccc4cccnc4c3n2)cc1. The van der Waals surface area contributed by atoms with E-state index in [1.54, 1.807) is 0 Å². The standard InChI is InChI=1S/C50H36N4/c1-33-31-48(34(2)30-43(33)35-19-21-36(22-20-35)45-27-25-38-24-23-37-12-11-29-51-49(37)50(38)52-45)54-46-18-10-9-17-42(46)44-32-41(26-28-47(44)54)53(39-13-5-3-6-14-39)40-15-7-4-8-16-40/h3-32H,1-2H3. The molecule has 10 rings (SSSR count). The number of hydrogen-bond acceptors (Lipinski definition) is 3. The van der Waals surface area contributed by atoms with Gasteiger partial charge >= 0.3 is 0 Å². The molecule has 0 fully saturated rings. The van der Waals surface area contributed by atoms with E-state index in [1.807, 2.05) is 12.3 Å². The third kappa shape index (κ3) is 5.31. The summed E-state index contributed by atoms with van der Waals surface area (Å²) in [5.41, 5.74) is 15.7. The molecule has 0 spiro atoms. The first kappa shape index (κ1) is 31.7. The van der Waals surface area contributed by atoms with E-state index in [0.29, 0.717) is 0 Å². The summed E-state index contributed by atoms with van der Waals surface area (Å²) in [7, 11) is 0. The third-order valence-corrected chi connectivity index (χ3v) is 10.7. The molecular weight excluding hydrogens is 657 g/mol. The normalized spacial score (nSPS) is 11.5. The van der Waals surface area contributed by atoms with Gasteiger partial charge in [0.25, 0.3) is 0 Å². The number of aromatic nitrogens is 3. The maximum atomic E-state index is 5.08. The van der Waals surface area contributed by atoms with Crippen molar-refractivity contribution in [1.82, 2.24) is 14.5 Å². The summed E-state index contributed by atoms with van der Waals surface area (Å²) in [6.45, 7) is 4.45. The summed E-state index contributed by atoms with van der Waals surface area (Å²) >= 11 is 0. The van der Waals surface area contributed by atoms with Gasteiger partial charge in [0.15, 0.2) is 0 Å². The van der Waals surface area contributed by atoms with Crippen molar-refractivity contribution in [1.29, 1.82) is 0 Å². The number of hydrogen-bond donors (Lipinski definition) is 0. The Morgan fingerprint density at radius 2 is 1.11 bits per heavy atom. The molecule has 0 aliphatic carbocycles. The zero-order valence-electron chi connectivity index (χ0n) is 30.1. The number of nitrogens with zero attached hydrogens (tertiary/aromatic N) is 4. The van der Waals surface area contributed by atoms with Crippen LogP contribution in [0.2, 0.25) is 0 Å². The number of pyridine rings is 2. The third-order valence-electron chi connectivity index (χ3n) is 10.7. The maximum Gasteiger partial charge on any atom is 0.0972 e. The quantitative estimate of drug-likeness (QED) is 0.163. The Kier molecular flexibility index (Phi) is 7.55. The average molecular weight is 693 g/mol. The Labute approximate surface area is 314 Å². The second-order valence-corrected chi connectivity index (χ2v) is 14.0. The van der Waals surface area contributed by atoms with Crippen LogP contribution in [0.5, 0.6) is 0 Å². The van der Waals surface area contributed by atoms with E-state index >= 15 is 0 Å². The van der Waals surface area contributed by atoms with Gasteiger partial charge in [-0.05, 0) is 109 Å². The van der Waals surface area contributed by atoms with E-state index in [1.165, 1.54) is 49.7 Å². The first-order valence-electron chi connectivity index (χ1n) is 18.4. The molecule has 0 unspecified atom stereocenters. The van der Waals surface area contributed by atoms with Crippen molar-refractivity contribution < 1.29 is 0 Å². The Morgan fingerprint density at radius 1 is 0.463 bits per heavy atom. The molecule has 4 heteroatoms. The first-order chi connectivity index (χ1) is 26.6. The lowest BCUT2D eigenvalue weighted by Gasteiger charge is -2.25. The van der Waals surface area contributed by atoms with Crippen LogP contribution in [0.4, 0.5) is 17.1 Å². The molecule has 0 radical (unpaired) electrons. The van der Waals surface area contributed by atoms with Gasteiger partial charge in [0.2, 0.25) is 0 Å². The zero-order chi connectivity index (χ0) is 36.2. The molecule has 3 aromatic heterocycles. The van der Waals surface area contributed by atoms with Crippen molar-refractivity contribution in [3.05, 3.63) is 193 Å². The molecule has 256 valence electrons. The first-order valence-corrected chi connectivity index (χ1v) is 18.4. The van der Waals surface area contributed by atoms with Gasteiger partial charge in [-0.25, -0.2) is 4.98 Å². The summed E-state index contributed by atoms with van der Waals surface area (Å²) in [5, 5.41) is 4.65. The van der Waals surface area contributed by atoms with Gasteiger partial charge in [0, 0.05) is 56.1 Å². The molecule has 7 aromatic carbocycles. The Hall–Kier alpha value is -7.04. The number of fused-ring (bicyclic) bond motifs is 6. The molecule has 54 heavy (non-hydrogen) atoms. The van der Waals surface area contributed by atoms with Crippen LogP contribution in [0.15, 0.2) is 182 Å². The minimum Gasteiger partial charge on any atom is -0.310 e. The Bertz CT molecular complexity index is 2960. The lowest BCUT2D eigenvalue weighted by atomic mass is 9.95. The molecule has 0 aliphatic rings. The van der Waals surface area contributed by atoms with Crippen molar-refractivity contribution in [2.24, 2.45) is 0 Å². The molecule has 10 aromatic rings. The molecule has 0 bridgehead atoms. The largest absolute Gasteiger partial charge is 0.310 e. The highest BCUT2D eigenvalue weighted by Gasteiger charge is 2.19. The van der Waals surface area contributed by atoms with E-state index in [9.17, 15) is 0 Å². The van der Waals surface area contributed by atoms with E-state index < -0.39 is 0 Å². The van der Waals surface area contributed by atoms with Gasteiger partial charge in [0.05, 0.1) is 27.8 Å². The van der Waals surface area contributed by atoms with Crippen LogP contribution in [0, 0.1) is 13.8 Å². The van der Waals surface area contributed by atoms with E-state index in [2.05, 4.69) is 198 Å². The zero-order valence-corrected chi connectivity index (χ0v) is 30.1. The smallest absolute Gasteiger partial charge is 0.0972 e. The number of benzene rings is 7. The van der Waals surface area contributed by atoms with Crippen molar-refractivity contribution in [2.45, 2.75) is 13.8 Å². The second kappa shape index (κ2) is 12.9. The van der Waals surface area contributed by atoms with Gasteiger partial charge in [0.1, 0.15) is 0 Å². The van der Waals surface area contributed by atoms with Crippen molar-refractivity contribution in [3.63, 3.8) is 0 Å². The van der Waals surface area contributed by atoms with Crippen LogP contribution < -0.4 is 4.90 Å². The summed E-state index contributed by atoms with van der Waals surface area (Å²) in [4.78, 5) is 12.0. The number of para-hydroxylation sites is 3. The monoisotopic (exact) mass is 692 g/mol. The predicted molar refractivity (Wildman–Crippen MR) is 226 cm³/mol. The van der Waals surface area contributed by atoms with Crippen LogP contribution in [-0.4, -0.2) is 14.5 Å². The lowest BCUT2D eigenvalue weighted by Crippen LogP contribution is -2.09. The van der Waals surface area contributed by atoms with E-state index in [-0.39, 0.29) is 0 Å². The highest BCUT2D eigenvalue weighted by atomic mass is 15.1. The van der Waals surface area contributed by atoms with Crippen molar-refractivity contribution in [3.8, 4) is 28.1 Å². The van der Waals surface area contributed by atoms with Gasteiger partial charge in [-0.15, -0.1) is 0 Å². The summed E-state index contributed by atoms with van der Waals surface area (Å²) < 4.78 is 2.43. The van der Waals surface area contributed by atoms with Crippen LogP contribution >= 0.6 is 0 Å². The molecule has 0 saturated carbocycles. The van der Waals surface area contributed by atoms with E-state index in [4.69, 9.17) is 4.98 Å². The fourth-order valence-electron chi connectivity index (χ4n) is 8.02. The minimum atomic E-state index is 0.933. The fraction of sp³-hybridized carbons (Fsp3) is 0.0400.